The van der Waals surface area contributed by atoms with Gasteiger partial charge in [-0.15, -0.1) is 0 Å². The molecule has 3 rings (SSSR count). The van der Waals surface area contributed by atoms with Crippen LogP contribution < -0.4 is 10.1 Å². The molecule has 0 aliphatic heterocycles. The molecule has 0 saturated heterocycles. The lowest BCUT2D eigenvalue weighted by Gasteiger charge is -2.13. The van der Waals surface area contributed by atoms with Crippen molar-refractivity contribution in [3.63, 3.8) is 0 Å². The Kier molecular flexibility index (Phi) is 6.14. The molecule has 0 aliphatic rings. The van der Waals surface area contributed by atoms with Crippen molar-refractivity contribution in [1.29, 1.82) is 0 Å². The van der Waals surface area contributed by atoms with E-state index >= 15 is 0 Å². The van der Waals surface area contributed by atoms with Crippen LogP contribution in [0.5, 0.6) is 5.75 Å². The molecule has 2 aromatic heterocycles. The zero-order valence-corrected chi connectivity index (χ0v) is 17.3. The maximum Gasteiger partial charge on any atom is 0.390 e. The van der Waals surface area contributed by atoms with Gasteiger partial charge in [0.05, 0.1) is 34.9 Å². The summed E-state index contributed by atoms with van der Waals surface area (Å²) >= 11 is 0. The summed E-state index contributed by atoms with van der Waals surface area (Å²) in [6, 6.07) is 6.60. The number of nitrogens with one attached hydrogen (secondary N) is 1. The average molecular weight is 412 g/mol. The number of carbonyl (C=O) groups excluding carboxylic acids is 1. The number of rotatable bonds is 8. The molecule has 1 atom stereocenters. The molecule has 1 unspecified atom stereocenters. The fourth-order valence-electron chi connectivity index (χ4n) is 3.17. The number of nitro groups is 1. The molecule has 3 aromatic rings. The Bertz CT molecular complexity index is 1070. The summed E-state index contributed by atoms with van der Waals surface area (Å²) in [4.78, 5) is 23.1. The predicted molar refractivity (Wildman–Crippen MR) is 110 cm³/mol. The fourth-order valence-corrected chi connectivity index (χ4v) is 3.17. The zero-order valence-electron chi connectivity index (χ0n) is 17.3. The highest BCUT2D eigenvalue weighted by Crippen LogP contribution is 2.21. The highest BCUT2D eigenvalue weighted by molar-refractivity contribution is 5.93. The topological polar surface area (TPSA) is 117 Å². The predicted octanol–water partition coefficient (Wildman–Crippen LogP) is 3.54. The number of amides is 1. The second-order valence-electron chi connectivity index (χ2n) is 7.07. The minimum Gasteiger partial charge on any atom is -0.471 e. The second-order valence-corrected chi connectivity index (χ2v) is 7.07. The third kappa shape index (κ3) is 4.65. The molecule has 0 fully saturated rings. The summed E-state index contributed by atoms with van der Waals surface area (Å²) in [7, 11) is 0. The monoisotopic (exact) mass is 412 g/mol. The molecule has 0 aliphatic carbocycles. The number of aryl methyl sites for hydroxylation is 3. The minimum absolute atomic E-state index is 0.196. The van der Waals surface area contributed by atoms with Gasteiger partial charge >= 0.3 is 5.82 Å². The molecule has 10 nitrogen and oxygen atoms in total. The van der Waals surface area contributed by atoms with Crippen LogP contribution in [0.25, 0.3) is 0 Å². The van der Waals surface area contributed by atoms with E-state index in [0.717, 1.165) is 16.9 Å². The van der Waals surface area contributed by atoms with Gasteiger partial charge in [0.2, 0.25) is 0 Å². The Morgan fingerprint density at radius 1 is 1.30 bits per heavy atom. The molecule has 1 amide bonds. The van der Waals surface area contributed by atoms with Crippen LogP contribution in [0.4, 0.5) is 11.5 Å². The molecule has 0 spiro atoms. The number of aromatic nitrogens is 4. The van der Waals surface area contributed by atoms with Crippen molar-refractivity contribution in [2.24, 2.45) is 0 Å². The molecule has 10 heteroatoms. The van der Waals surface area contributed by atoms with E-state index in [2.05, 4.69) is 15.5 Å². The zero-order chi connectivity index (χ0) is 21.8. The molecular weight excluding hydrogens is 388 g/mol. The van der Waals surface area contributed by atoms with Gasteiger partial charge in [-0.05, 0) is 43.7 Å². The molecule has 0 radical (unpaired) electrons. The minimum atomic E-state index is -0.673. The van der Waals surface area contributed by atoms with Crippen molar-refractivity contribution in [2.45, 2.75) is 46.9 Å². The van der Waals surface area contributed by atoms with Crippen LogP contribution in [0.2, 0.25) is 0 Å². The first-order chi connectivity index (χ1) is 14.3. The van der Waals surface area contributed by atoms with Gasteiger partial charge in [-0.3, -0.25) is 4.79 Å². The van der Waals surface area contributed by atoms with Crippen molar-refractivity contribution in [2.75, 3.05) is 5.32 Å². The van der Waals surface area contributed by atoms with Gasteiger partial charge in [-0.25, -0.2) is 4.68 Å². The van der Waals surface area contributed by atoms with Gasteiger partial charge in [0.1, 0.15) is 5.75 Å². The maximum absolute atomic E-state index is 12.7. The van der Waals surface area contributed by atoms with Crippen LogP contribution in [0.3, 0.4) is 0 Å². The Morgan fingerprint density at radius 3 is 2.70 bits per heavy atom. The van der Waals surface area contributed by atoms with E-state index in [0.29, 0.717) is 17.8 Å². The van der Waals surface area contributed by atoms with Crippen LogP contribution in [-0.2, 0) is 11.5 Å². The molecule has 1 N–H and O–H groups in total. The first-order valence-corrected chi connectivity index (χ1v) is 9.52. The second kappa shape index (κ2) is 8.76. The quantitative estimate of drug-likeness (QED) is 0.447. The number of hydrogen-bond acceptors (Lipinski definition) is 6. The molecule has 0 bridgehead atoms. The number of nitrogens with zero attached hydrogens (tertiary/aromatic N) is 5. The lowest BCUT2D eigenvalue weighted by atomic mass is 10.1. The highest BCUT2D eigenvalue weighted by atomic mass is 16.6. The Balaban J connectivity index is 1.65. The van der Waals surface area contributed by atoms with Crippen LogP contribution in [-0.4, -0.2) is 30.4 Å². The number of benzene rings is 1. The summed E-state index contributed by atoms with van der Waals surface area (Å²) in [5.41, 5.74) is 3.24. The first-order valence-electron chi connectivity index (χ1n) is 9.52. The number of carbonyl (C=O) groups is 1. The lowest BCUT2D eigenvalue weighted by molar-refractivity contribution is -0.389. The van der Waals surface area contributed by atoms with Crippen molar-refractivity contribution in [3.05, 3.63) is 63.6 Å². The van der Waals surface area contributed by atoms with Gasteiger partial charge in [0.25, 0.3) is 5.91 Å². The van der Waals surface area contributed by atoms with Crippen molar-refractivity contribution >= 4 is 17.4 Å². The fraction of sp³-hybridized carbons (Fsp3) is 0.350. The highest BCUT2D eigenvalue weighted by Gasteiger charge is 2.27. The third-order valence-corrected chi connectivity index (χ3v) is 4.66. The summed E-state index contributed by atoms with van der Waals surface area (Å²) < 4.78 is 8.73. The molecule has 30 heavy (non-hydrogen) atoms. The molecule has 158 valence electrons. The van der Waals surface area contributed by atoms with Gasteiger partial charge in [0.15, 0.2) is 12.8 Å². The number of anilines is 1. The van der Waals surface area contributed by atoms with E-state index in [1.165, 1.54) is 16.9 Å². The largest absolute Gasteiger partial charge is 0.471 e. The average Bonchev–Trinajstić information content (AvgIpc) is 3.29. The van der Waals surface area contributed by atoms with Gasteiger partial charge in [-0.2, -0.15) is 9.78 Å². The Labute approximate surface area is 173 Å². The SMILES string of the molecule is CCC(C(=O)Nc1cnn(COc2ccc(C)cc2C)c1)n1nc([N+](=O)[O-])cc1C. The Morgan fingerprint density at radius 2 is 2.07 bits per heavy atom. The van der Waals surface area contributed by atoms with E-state index in [1.807, 2.05) is 39.0 Å². The van der Waals surface area contributed by atoms with E-state index in [4.69, 9.17) is 4.74 Å². The van der Waals surface area contributed by atoms with E-state index < -0.39 is 11.0 Å². The smallest absolute Gasteiger partial charge is 0.390 e. The van der Waals surface area contributed by atoms with Gasteiger partial charge in [0, 0.05) is 0 Å². The maximum atomic E-state index is 12.7. The summed E-state index contributed by atoms with van der Waals surface area (Å²) in [6.07, 6.45) is 3.61. The molecule has 0 saturated carbocycles. The first kappa shape index (κ1) is 21.0. The van der Waals surface area contributed by atoms with Gasteiger partial charge < -0.3 is 20.2 Å². The summed E-state index contributed by atoms with van der Waals surface area (Å²) in [5, 5.41) is 21.9. The third-order valence-electron chi connectivity index (χ3n) is 4.66. The molecule has 1 aromatic carbocycles. The van der Waals surface area contributed by atoms with Crippen LogP contribution in [0.15, 0.2) is 36.7 Å². The van der Waals surface area contributed by atoms with E-state index in [1.54, 1.807) is 17.8 Å². The van der Waals surface area contributed by atoms with Gasteiger partial charge in [-0.1, -0.05) is 24.6 Å². The normalized spacial score (nSPS) is 11.9. The van der Waals surface area contributed by atoms with E-state index in [-0.39, 0.29) is 18.5 Å². The van der Waals surface area contributed by atoms with Crippen LogP contribution >= 0.6 is 0 Å². The van der Waals surface area contributed by atoms with Crippen molar-refractivity contribution < 1.29 is 14.5 Å². The number of ether oxygens (including phenoxy) is 1. The molecule has 2 heterocycles. The Hall–Kier alpha value is -3.69. The van der Waals surface area contributed by atoms with Crippen LogP contribution in [0.1, 0.15) is 36.2 Å². The summed E-state index contributed by atoms with van der Waals surface area (Å²) in [6.45, 7) is 7.69. The van der Waals surface area contributed by atoms with E-state index in [9.17, 15) is 14.9 Å². The summed E-state index contributed by atoms with van der Waals surface area (Å²) in [5.74, 6) is 0.159. The van der Waals surface area contributed by atoms with Crippen LogP contribution in [0, 0.1) is 30.9 Å². The molecular formula is C20H24N6O4. The lowest BCUT2D eigenvalue weighted by Crippen LogP contribution is -2.27. The number of hydrogen-bond donors (Lipinski definition) is 1. The van der Waals surface area contributed by atoms with Crippen molar-refractivity contribution in [1.82, 2.24) is 19.6 Å². The standard InChI is InChI=1S/C20H24N6O4/c1-5-17(25-15(4)9-19(23-25)26(28)29)20(27)22-16-10-21-24(11-16)12-30-18-7-6-13(2)8-14(18)3/h6-11,17H,5,12H2,1-4H3,(H,22,27). The van der Waals surface area contributed by atoms with Crippen molar-refractivity contribution in [3.8, 4) is 5.75 Å².